The zero-order chi connectivity index (χ0) is 30.1. The van der Waals surface area contributed by atoms with Crippen LogP contribution in [0.1, 0.15) is 54.0 Å². The van der Waals surface area contributed by atoms with Crippen molar-refractivity contribution in [2.75, 3.05) is 24.3 Å². The highest BCUT2D eigenvalue weighted by Crippen LogP contribution is 2.39. The van der Waals surface area contributed by atoms with Crippen LogP contribution >= 0.6 is 11.6 Å². The molecule has 0 saturated carbocycles. The summed E-state index contributed by atoms with van der Waals surface area (Å²) in [6.07, 6.45) is 6.30. The fourth-order valence-electron chi connectivity index (χ4n) is 5.27. The molecule has 0 amide bonds. The molecule has 0 radical (unpaired) electrons. The van der Waals surface area contributed by atoms with Crippen molar-refractivity contribution in [3.05, 3.63) is 70.8 Å². The first kappa shape index (κ1) is 28.5. The van der Waals surface area contributed by atoms with E-state index in [1.165, 1.54) is 0 Å². The molecule has 5 aromatic rings. The number of hydrogen-bond donors (Lipinski definition) is 2. The fraction of sp³-hybridized carbons (Fsp3) is 0.290. The average Bonchev–Trinajstić information content (AvgIpc) is 3.44. The summed E-state index contributed by atoms with van der Waals surface area (Å²) in [4.78, 5) is 31.7. The first-order valence-electron chi connectivity index (χ1n) is 14.1. The largest absolute Gasteiger partial charge is 0.461 e. The smallest absolute Gasteiger partial charge is 0.359 e. The number of anilines is 3. The number of aromatic nitrogens is 6. The normalized spacial score (nSPS) is 15.0. The number of nitrogens with zero attached hydrogens (tertiary/aromatic N) is 6. The van der Waals surface area contributed by atoms with Gasteiger partial charge in [0.2, 0.25) is 0 Å². The maximum Gasteiger partial charge on any atom is 0.359 e. The molecule has 6 rings (SSSR count). The molecule has 1 aromatic carbocycles. The lowest BCUT2D eigenvalue weighted by Gasteiger charge is -2.23. The molecule has 3 N–H and O–H groups in total. The van der Waals surface area contributed by atoms with Crippen LogP contribution in [0.5, 0.6) is 0 Å². The van der Waals surface area contributed by atoms with Gasteiger partial charge in [-0.25, -0.2) is 29.4 Å². The van der Waals surface area contributed by atoms with Crippen molar-refractivity contribution in [3.63, 3.8) is 0 Å². The van der Waals surface area contributed by atoms with Gasteiger partial charge in [0.1, 0.15) is 16.8 Å². The molecule has 1 aliphatic heterocycles. The lowest BCUT2D eigenvalue weighted by Crippen LogP contribution is -2.19. The summed E-state index contributed by atoms with van der Waals surface area (Å²) in [6.45, 7) is 6.47. The second-order valence-corrected chi connectivity index (χ2v) is 10.7. The van der Waals surface area contributed by atoms with E-state index in [2.05, 4.69) is 20.3 Å². The summed E-state index contributed by atoms with van der Waals surface area (Å²) in [5, 5.41) is 9.04. The van der Waals surface area contributed by atoms with E-state index in [1.54, 1.807) is 31.5 Å². The number of pyridine rings is 2. The van der Waals surface area contributed by atoms with Crippen molar-refractivity contribution >= 4 is 45.8 Å². The number of nitrogen functional groups attached to an aromatic ring is 1. The number of nitrogens with one attached hydrogen (secondary N) is 1. The lowest BCUT2D eigenvalue weighted by atomic mass is 9.99. The molecule has 0 bridgehead atoms. The third-order valence-corrected chi connectivity index (χ3v) is 7.63. The number of carbonyl (C=O) groups is 1. The van der Waals surface area contributed by atoms with Crippen LogP contribution in [0.15, 0.2) is 48.8 Å². The Morgan fingerprint density at radius 2 is 1.98 bits per heavy atom. The monoisotopic (exact) mass is 598 g/mol. The molecule has 5 heterocycles. The molecule has 0 aliphatic carbocycles. The number of carbonyl (C=O) groups excluding carboxylic acids is 1. The summed E-state index contributed by atoms with van der Waals surface area (Å²) in [5.74, 6) is 0.528. The predicted octanol–water partition coefficient (Wildman–Crippen LogP) is 6.42. The number of aryl methyl sites for hydroxylation is 2. The van der Waals surface area contributed by atoms with Gasteiger partial charge in [-0.3, -0.25) is 0 Å². The number of nitrogens with two attached hydrogens (primary N) is 1. The van der Waals surface area contributed by atoms with Gasteiger partial charge in [-0.05, 0) is 75.4 Å². The number of hydrogen-bond acceptors (Lipinski definition) is 10. The average molecular weight is 599 g/mol. The minimum Gasteiger partial charge on any atom is -0.461 e. The number of fused-ring (bicyclic) bond motifs is 1. The Hall–Kier alpha value is -4.61. The molecule has 0 spiro atoms. The zero-order valence-corrected chi connectivity index (χ0v) is 24.9. The molecule has 43 heavy (non-hydrogen) atoms. The van der Waals surface area contributed by atoms with Crippen molar-refractivity contribution in [1.29, 1.82) is 0 Å². The highest BCUT2D eigenvalue weighted by atomic mass is 35.5. The molecule has 1 fully saturated rings. The van der Waals surface area contributed by atoms with Gasteiger partial charge < -0.3 is 20.5 Å². The van der Waals surface area contributed by atoms with Crippen molar-refractivity contribution in [2.24, 2.45) is 0 Å². The SMILES string of the molecule is CCOC(=O)c1nc(-c2ccc(Cl)nc2Nc2ncccc2C)nc(-c2c(C)ccc3c2cnn3C2CCCCO2)c1N. The fourth-order valence-corrected chi connectivity index (χ4v) is 5.41. The van der Waals surface area contributed by atoms with E-state index in [-0.39, 0.29) is 35.2 Å². The topological polar surface area (TPSA) is 143 Å². The lowest BCUT2D eigenvalue weighted by molar-refractivity contribution is -0.0366. The predicted molar refractivity (Wildman–Crippen MR) is 165 cm³/mol. The van der Waals surface area contributed by atoms with Crippen LogP contribution in [0.25, 0.3) is 33.5 Å². The molecule has 1 aliphatic rings. The van der Waals surface area contributed by atoms with Crippen LogP contribution in [0.4, 0.5) is 17.3 Å². The van der Waals surface area contributed by atoms with Gasteiger partial charge in [0.05, 0.1) is 35.3 Å². The molecule has 220 valence electrons. The molecular formula is C31H31ClN8O3. The van der Waals surface area contributed by atoms with Crippen molar-refractivity contribution < 1.29 is 14.3 Å². The molecule has 1 saturated heterocycles. The Morgan fingerprint density at radius 3 is 2.74 bits per heavy atom. The van der Waals surface area contributed by atoms with Crippen LogP contribution in [-0.2, 0) is 9.47 Å². The Kier molecular flexibility index (Phi) is 7.92. The van der Waals surface area contributed by atoms with Crippen molar-refractivity contribution in [2.45, 2.75) is 46.3 Å². The molecular weight excluding hydrogens is 568 g/mol. The molecule has 12 heteroatoms. The van der Waals surface area contributed by atoms with Gasteiger partial charge in [0.15, 0.2) is 17.7 Å². The van der Waals surface area contributed by atoms with Gasteiger partial charge in [-0.15, -0.1) is 0 Å². The van der Waals surface area contributed by atoms with E-state index in [4.69, 9.17) is 36.9 Å². The van der Waals surface area contributed by atoms with Crippen LogP contribution in [0.2, 0.25) is 5.15 Å². The highest BCUT2D eigenvalue weighted by Gasteiger charge is 2.26. The van der Waals surface area contributed by atoms with E-state index in [9.17, 15) is 4.79 Å². The molecule has 11 nitrogen and oxygen atoms in total. The maximum atomic E-state index is 13.2. The quantitative estimate of drug-likeness (QED) is 0.159. The summed E-state index contributed by atoms with van der Waals surface area (Å²) in [6, 6.07) is 11.2. The van der Waals surface area contributed by atoms with Crippen LogP contribution in [0, 0.1) is 13.8 Å². The van der Waals surface area contributed by atoms with E-state index < -0.39 is 5.97 Å². The summed E-state index contributed by atoms with van der Waals surface area (Å²) >= 11 is 6.31. The molecule has 1 unspecified atom stereocenters. The third kappa shape index (κ3) is 5.49. The molecule has 4 aromatic heterocycles. The minimum atomic E-state index is -0.655. The number of rotatable bonds is 7. The summed E-state index contributed by atoms with van der Waals surface area (Å²) in [5.41, 5.74) is 11.0. The number of esters is 1. The van der Waals surface area contributed by atoms with E-state index in [0.29, 0.717) is 29.5 Å². The number of ether oxygens (including phenoxy) is 2. The van der Waals surface area contributed by atoms with E-state index in [0.717, 1.165) is 46.9 Å². The van der Waals surface area contributed by atoms with Crippen molar-refractivity contribution in [1.82, 2.24) is 29.7 Å². The Balaban J connectivity index is 1.56. The summed E-state index contributed by atoms with van der Waals surface area (Å²) in [7, 11) is 0. The van der Waals surface area contributed by atoms with Crippen LogP contribution < -0.4 is 11.1 Å². The van der Waals surface area contributed by atoms with Gasteiger partial charge >= 0.3 is 5.97 Å². The van der Waals surface area contributed by atoms with Gasteiger partial charge in [0.25, 0.3) is 0 Å². The minimum absolute atomic E-state index is 0.0452. The van der Waals surface area contributed by atoms with Crippen LogP contribution in [-0.4, -0.2) is 48.9 Å². The van der Waals surface area contributed by atoms with Gasteiger partial charge in [0, 0.05) is 23.8 Å². The standard InChI is InChI=1S/C31H31ClN8O3/c1-4-42-31(41)27-25(33)26(24-17(2)10-12-21-20(24)16-35-40(21)23-9-5-6-15-43-23)37-30(38-27)19-11-13-22(32)36-29(19)39-28-18(3)8-7-14-34-28/h7-8,10-14,16,23H,4-6,9,15,33H2,1-3H3,(H,34,36,39). The Morgan fingerprint density at radius 1 is 1.12 bits per heavy atom. The van der Waals surface area contributed by atoms with E-state index in [1.807, 2.05) is 42.8 Å². The van der Waals surface area contributed by atoms with Crippen molar-refractivity contribution in [3.8, 4) is 22.6 Å². The highest BCUT2D eigenvalue weighted by molar-refractivity contribution is 6.29. The zero-order valence-electron chi connectivity index (χ0n) is 24.1. The second-order valence-electron chi connectivity index (χ2n) is 10.3. The Labute approximate surface area is 253 Å². The van der Waals surface area contributed by atoms with E-state index >= 15 is 0 Å². The Bertz CT molecular complexity index is 1830. The maximum absolute atomic E-state index is 13.2. The summed E-state index contributed by atoms with van der Waals surface area (Å²) < 4.78 is 13.3. The van der Waals surface area contributed by atoms with Crippen LogP contribution in [0.3, 0.4) is 0 Å². The second kappa shape index (κ2) is 11.9. The van der Waals surface area contributed by atoms with Gasteiger partial charge in [-0.2, -0.15) is 5.10 Å². The first-order valence-corrected chi connectivity index (χ1v) is 14.5. The molecule has 1 atom stereocenters. The number of halogens is 1. The number of benzene rings is 1. The first-order chi connectivity index (χ1) is 20.9. The third-order valence-electron chi connectivity index (χ3n) is 7.42. The van der Waals surface area contributed by atoms with Gasteiger partial charge in [-0.1, -0.05) is 23.7 Å².